The summed E-state index contributed by atoms with van der Waals surface area (Å²) in [5.74, 6) is 0.315. The maximum absolute atomic E-state index is 10.9. The van der Waals surface area contributed by atoms with E-state index >= 15 is 0 Å². The molecule has 0 fully saturated rings. The first-order chi connectivity index (χ1) is 10.0. The predicted molar refractivity (Wildman–Crippen MR) is 82.6 cm³/mol. The highest BCUT2D eigenvalue weighted by atomic mass is 79.9. The zero-order chi connectivity index (χ0) is 15.4. The van der Waals surface area contributed by atoms with Gasteiger partial charge in [-0.15, -0.1) is 0 Å². The van der Waals surface area contributed by atoms with Gasteiger partial charge in [-0.3, -0.25) is 15.5 Å². The largest absolute Gasteiger partial charge is 0.487 e. The lowest BCUT2D eigenvalue weighted by molar-refractivity contribution is -0.385. The summed E-state index contributed by atoms with van der Waals surface area (Å²) in [6.07, 6.45) is 0. The molecule has 0 bridgehead atoms. The molecule has 0 aliphatic carbocycles. The second-order valence-electron chi connectivity index (χ2n) is 4.21. The van der Waals surface area contributed by atoms with Crippen LogP contribution < -0.4 is 10.5 Å². The Kier molecular flexibility index (Phi) is 4.54. The molecule has 108 valence electrons. The number of nitrogens with one attached hydrogen (secondary N) is 1. The van der Waals surface area contributed by atoms with Crippen LogP contribution in [0.5, 0.6) is 5.75 Å². The molecule has 2 aromatic carbocycles. The number of nitro groups is 1. The smallest absolute Gasteiger partial charge is 0.287 e. The minimum absolute atomic E-state index is 0.0488. The average molecular weight is 350 g/mol. The Labute approximate surface area is 129 Å². The normalized spacial score (nSPS) is 10.1. The van der Waals surface area contributed by atoms with Crippen LogP contribution in [0.3, 0.4) is 0 Å². The number of amidine groups is 1. The van der Waals surface area contributed by atoms with Gasteiger partial charge >= 0.3 is 0 Å². The first-order valence-corrected chi connectivity index (χ1v) is 6.78. The Balaban J connectivity index is 2.23. The van der Waals surface area contributed by atoms with Crippen LogP contribution in [0, 0.1) is 15.5 Å². The van der Waals surface area contributed by atoms with E-state index < -0.39 is 4.92 Å². The number of hydrogen-bond acceptors (Lipinski definition) is 4. The first kappa shape index (κ1) is 15.0. The van der Waals surface area contributed by atoms with Crippen LogP contribution in [0.1, 0.15) is 11.1 Å². The van der Waals surface area contributed by atoms with E-state index in [-0.39, 0.29) is 22.6 Å². The predicted octanol–water partition coefficient (Wildman–Crippen LogP) is 3.22. The van der Waals surface area contributed by atoms with E-state index in [1.807, 2.05) is 6.07 Å². The molecule has 0 spiro atoms. The standard InChI is InChI=1S/C14H12BrN3O3/c15-13-11(18(19)20)6-3-7-12(13)21-8-9-4-1-2-5-10(9)14(16)17/h1-7H,8H2,(H3,16,17). The molecule has 0 saturated carbocycles. The van der Waals surface area contributed by atoms with Crippen LogP contribution in [0.2, 0.25) is 0 Å². The number of nitro benzene ring substituents is 1. The number of hydrogen-bond donors (Lipinski definition) is 2. The number of benzene rings is 2. The second-order valence-corrected chi connectivity index (χ2v) is 5.00. The summed E-state index contributed by atoms with van der Waals surface area (Å²) in [5, 5.41) is 18.4. The molecule has 6 nitrogen and oxygen atoms in total. The van der Waals surface area contributed by atoms with Gasteiger partial charge in [-0.2, -0.15) is 0 Å². The van der Waals surface area contributed by atoms with Crippen molar-refractivity contribution in [1.29, 1.82) is 5.41 Å². The van der Waals surface area contributed by atoms with Gasteiger partial charge in [-0.25, -0.2) is 0 Å². The summed E-state index contributed by atoms with van der Waals surface area (Å²) in [6.45, 7) is 0.162. The minimum Gasteiger partial charge on any atom is -0.487 e. The van der Waals surface area contributed by atoms with Crippen LogP contribution in [-0.2, 0) is 6.61 Å². The molecular formula is C14H12BrN3O3. The second kappa shape index (κ2) is 6.36. The van der Waals surface area contributed by atoms with E-state index in [2.05, 4.69) is 15.9 Å². The molecule has 0 saturated heterocycles. The van der Waals surface area contributed by atoms with Crippen molar-refractivity contribution in [2.75, 3.05) is 0 Å². The molecule has 0 aromatic heterocycles. The van der Waals surface area contributed by atoms with E-state index in [9.17, 15) is 10.1 Å². The summed E-state index contributed by atoms with van der Waals surface area (Å²) in [7, 11) is 0. The van der Waals surface area contributed by atoms with Crippen LogP contribution >= 0.6 is 15.9 Å². The van der Waals surface area contributed by atoms with Crippen molar-refractivity contribution in [3.8, 4) is 5.75 Å². The molecule has 3 N–H and O–H groups in total. The molecule has 0 heterocycles. The lowest BCUT2D eigenvalue weighted by Crippen LogP contribution is -2.14. The van der Waals surface area contributed by atoms with Gasteiger partial charge in [0, 0.05) is 17.2 Å². The number of ether oxygens (including phenoxy) is 1. The fraction of sp³-hybridized carbons (Fsp3) is 0.0714. The van der Waals surface area contributed by atoms with E-state index in [1.54, 1.807) is 30.3 Å². The summed E-state index contributed by atoms with van der Waals surface area (Å²) in [6, 6.07) is 11.7. The van der Waals surface area contributed by atoms with Gasteiger partial charge < -0.3 is 10.5 Å². The average Bonchev–Trinajstić information content (AvgIpc) is 2.46. The van der Waals surface area contributed by atoms with E-state index in [0.717, 1.165) is 5.56 Å². The molecule has 7 heteroatoms. The number of nitrogens with zero attached hydrogens (tertiary/aromatic N) is 1. The van der Waals surface area contributed by atoms with Gasteiger partial charge in [0.1, 0.15) is 22.7 Å². The van der Waals surface area contributed by atoms with Crippen molar-refractivity contribution < 1.29 is 9.66 Å². The van der Waals surface area contributed by atoms with Crippen molar-refractivity contribution in [3.05, 3.63) is 68.2 Å². The van der Waals surface area contributed by atoms with Crippen LogP contribution in [0.25, 0.3) is 0 Å². The number of rotatable bonds is 5. The van der Waals surface area contributed by atoms with Crippen LogP contribution in [0.15, 0.2) is 46.9 Å². The molecular weight excluding hydrogens is 338 g/mol. The van der Waals surface area contributed by atoms with Gasteiger partial charge in [0.15, 0.2) is 0 Å². The summed E-state index contributed by atoms with van der Waals surface area (Å²) in [4.78, 5) is 10.4. The van der Waals surface area contributed by atoms with Gasteiger partial charge in [0.05, 0.1) is 4.92 Å². The third kappa shape index (κ3) is 3.38. The lowest BCUT2D eigenvalue weighted by Gasteiger charge is -2.11. The summed E-state index contributed by atoms with van der Waals surface area (Å²) >= 11 is 3.17. The van der Waals surface area contributed by atoms with Crippen molar-refractivity contribution >= 4 is 27.5 Å². The monoisotopic (exact) mass is 349 g/mol. The van der Waals surface area contributed by atoms with Crippen molar-refractivity contribution in [1.82, 2.24) is 0 Å². The Hall–Kier alpha value is -2.41. The number of halogens is 1. The maximum atomic E-state index is 10.9. The molecule has 2 aromatic rings. The highest BCUT2D eigenvalue weighted by Gasteiger charge is 2.16. The molecule has 0 atom stereocenters. The minimum atomic E-state index is -0.486. The quantitative estimate of drug-likeness (QED) is 0.374. The molecule has 21 heavy (non-hydrogen) atoms. The number of nitrogen functional groups attached to an aromatic ring is 1. The number of nitrogens with two attached hydrogens (primary N) is 1. The van der Waals surface area contributed by atoms with Crippen molar-refractivity contribution in [3.63, 3.8) is 0 Å². The van der Waals surface area contributed by atoms with Crippen molar-refractivity contribution in [2.45, 2.75) is 6.61 Å². The summed E-state index contributed by atoms with van der Waals surface area (Å²) < 4.78 is 5.89. The Morgan fingerprint density at radius 3 is 2.67 bits per heavy atom. The third-order valence-corrected chi connectivity index (χ3v) is 3.63. The van der Waals surface area contributed by atoms with E-state index in [0.29, 0.717) is 11.3 Å². The Morgan fingerprint density at radius 2 is 2.00 bits per heavy atom. The molecule has 0 aliphatic rings. The topological polar surface area (TPSA) is 102 Å². The molecule has 0 amide bonds. The van der Waals surface area contributed by atoms with E-state index in [4.69, 9.17) is 15.9 Å². The van der Waals surface area contributed by atoms with Crippen molar-refractivity contribution in [2.24, 2.45) is 5.73 Å². The van der Waals surface area contributed by atoms with Gasteiger partial charge in [0.25, 0.3) is 5.69 Å². The zero-order valence-corrected chi connectivity index (χ0v) is 12.5. The maximum Gasteiger partial charge on any atom is 0.287 e. The molecule has 0 radical (unpaired) electrons. The van der Waals surface area contributed by atoms with Gasteiger partial charge in [0.2, 0.25) is 0 Å². The summed E-state index contributed by atoms with van der Waals surface area (Å²) in [5.41, 5.74) is 6.77. The van der Waals surface area contributed by atoms with Crippen LogP contribution in [0.4, 0.5) is 5.69 Å². The van der Waals surface area contributed by atoms with E-state index in [1.165, 1.54) is 6.07 Å². The fourth-order valence-electron chi connectivity index (χ4n) is 1.82. The Morgan fingerprint density at radius 1 is 1.29 bits per heavy atom. The lowest BCUT2D eigenvalue weighted by atomic mass is 10.1. The van der Waals surface area contributed by atoms with Gasteiger partial charge in [-0.1, -0.05) is 30.3 Å². The van der Waals surface area contributed by atoms with Gasteiger partial charge in [-0.05, 0) is 22.0 Å². The molecule has 2 rings (SSSR count). The Bertz CT molecular complexity index is 704. The third-order valence-electron chi connectivity index (χ3n) is 2.83. The fourth-order valence-corrected chi connectivity index (χ4v) is 2.34. The first-order valence-electron chi connectivity index (χ1n) is 5.98. The molecule has 0 unspecified atom stereocenters. The highest BCUT2D eigenvalue weighted by molar-refractivity contribution is 9.10. The molecule has 0 aliphatic heterocycles. The van der Waals surface area contributed by atoms with Crippen LogP contribution in [-0.4, -0.2) is 10.8 Å². The zero-order valence-electron chi connectivity index (χ0n) is 10.9. The SMILES string of the molecule is N=C(N)c1ccccc1COc1cccc([N+](=O)[O-])c1Br. The highest BCUT2D eigenvalue weighted by Crippen LogP contribution is 2.34.